The van der Waals surface area contributed by atoms with Crippen LogP contribution in [-0.2, 0) is 6.42 Å². The summed E-state index contributed by atoms with van der Waals surface area (Å²) >= 11 is 0. The van der Waals surface area contributed by atoms with Crippen molar-refractivity contribution >= 4 is 11.6 Å². The highest BCUT2D eigenvalue weighted by molar-refractivity contribution is 5.80. The molecule has 0 aliphatic rings. The van der Waals surface area contributed by atoms with Gasteiger partial charge in [0.15, 0.2) is 11.6 Å². The summed E-state index contributed by atoms with van der Waals surface area (Å²) in [5, 5.41) is 15.2. The quantitative estimate of drug-likeness (QED) is 0.391. The van der Waals surface area contributed by atoms with Crippen LogP contribution in [0.25, 0.3) is 5.65 Å². The van der Waals surface area contributed by atoms with E-state index in [4.69, 9.17) is 4.99 Å². The summed E-state index contributed by atoms with van der Waals surface area (Å²) in [5.74, 6) is 1.82. The number of hydrogen-bond acceptors (Lipinski definition) is 3. The molecule has 2 N–H and O–H groups in total. The first-order chi connectivity index (χ1) is 12.8. The molecule has 1 aromatic carbocycles. The number of hydrogen-bond donors (Lipinski definition) is 2. The van der Waals surface area contributed by atoms with Crippen LogP contribution in [0.1, 0.15) is 37.7 Å². The van der Waals surface area contributed by atoms with Crippen LogP contribution in [0, 0.1) is 0 Å². The third kappa shape index (κ3) is 4.59. The van der Waals surface area contributed by atoms with Crippen LogP contribution in [0.5, 0.6) is 0 Å². The fourth-order valence-electron chi connectivity index (χ4n) is 2.84. The lowest BCUT2D eigenvalue weighted by Gasteiger charge is -2.18. The van der Waals surface area contributed by atoms with Crippen molar-refractivity contribution in [3.05, 3.63) is 66.1 Å². The number of benzene rings is 1. The lowest BCUT2D eigenvalue weighted by Crippen LogP contribution is -2.38. The molecule has 0 spiro atoms. The van der Waals surface area contributed by atoms with E-state index >= 15 is 0 Å². The van der Waals surface area contributed by atoms with E-state index in [1.807, 2.05) is 34.9 Å². The number of rotatable bonds is 7. The Morgan fingerprint density at radius 2 is 1.92 bits per heavy atom. The number of guanidine groups is 1. The van der Waals surface area contributed by atoms with Crippen molar-refractivity contribution in [3.8, 4) is 0 Å². The summed E-state index contributed by atoms with van der Waals surface area (Å²) in [4.78, 5) is 4.70. The third-order valence-electron chi connectivity index (χ3n) is 4.21. The number of pyridine rings is 1. The average Bonchev–Trinajstić information content (AvgIpc) is 3.09. The SMILES string of the molecule is CCNC(=NCCCc1nnc2ccccn12)NC(C)c1ccccc1. The van der Waals surface area contributed by atoms with Crippen molar-refractivity contribution in [2.75, 3.05) is 13.1 Å². The van der Waals surface area contributed by atoms with Crippen molar-refractivity contribution in [3.63, 3.8) is 0 Å². The molecule has 0 amide bonds. The molecule has 3 rings (SSSR count). The van der Waals surface area contributed by atoms with Crippen molar-refractivity contribution in [1.29, 1.82) is 0 Å². The summed E-state index contributed by atoms with van der Waals surface area (Å²) in [6, 6.07) is 16.5. The van der Waals surface area contributed by atoms with E-state index in [9.17, 15) is 0 Å². The van der Waals surface area contributed by atoms with Gasteiger partial charge in [0.05, 0.1) is 6.04 Å². The second-order valence-electron chi connectivity index (χ2n) is 6.19. The summed E-state index contributed by atoms with van der Waals surface area (Å²) in [6.45, 7) is 5.79. The Kier molecular flexibility index (Phi) is 6.19. The minimum absolute atomic E-state index is 0.203. The number of nitrogens with zero attached hydrogens (tertiary/aromatic N) is 4. The Labute approximate surface area is 154 Å². The normalized spacial score (nSPS) is 12.9. The van der Waals surface area contributed by atoms with Crippen LogP contribution in [0.4, 0.5) is 0 Å². The molecule has 2 aromatic heterocycles. The summed E-state index contributed by atoms with van der Waals surface area (Å²) in [6.07, 6.45) is 3.77. The van der Waals surface area contributed by atoms with Gasteiger partial charge < -0.3 is 10.6 Å². The molecule has 0 saturated heterocycles. The third-order valence-corrected chi connectivity index (χ3v) is 4.21. The lowest BCUT2D eigenvalue weighted by atomic mass is 10.1. The first-order valence-electron chi connectivity index (χ1n) is 9.16. The zero-order chi connectivity index (χ0) is 18.2. The van der Waals surface area contributed by atoms with E-state index < -0.39 is 0 Å². The highest BCUT2D eigenvalue weighted by atomic mass is 15.2. The summed E-state index contributed by atoms with van der Waals surface area (Å²) in [7, 11) is 0. The van der Waals surface area contributed by atoms with Crippen molar-refractivity contribution < 1.29 is 0 Å². The van der Waals surface area contributed by atoms with E-state index in [0.717, 1.165) is 43.4 Å². The molecule has 136 valence electrons. The first-order valence-corrected chi connectivity index (χ1v) is 9.16. The molecule has 3 aromatic rings. The monoisotopic (exact) mass is 350 g/mol. The molecule has 0 aliphatic heterocycles. The van der Waals surface area contributed by atoms with Crippen LogP contribution in [0.15, 0.2) is 59.7 Å². The minimum Gasteiger partial charge on any atom is -0.357 e. The fraction of sp³-hybridized carbons (Fsp3) is 0.350. The number of aromatic nitrogens is 3. The number of nitrogens with one attached hydrogen (secondary N) is 2. The van der Waals surface area contributed by atoms with Gasteiger partial charge in [-0.05, 0) is 38.0 Å². The molecule has 1 atom stereocenters. The standard InChI is InChI=1S/C20H26N6/c1-3-21-20(23-16(2)17-10-5-4-6-11-17)22-14-9-13-19-25-24-18-12-7-8-15-26(18)19/h4-8,10-12,15-16H,3,9,13-14H2,1-2H3,(H2,21,22,23). The molecule has 1 unspecified atom stereocenters. The molecule has 0 fully saturated rings. The van der Waals surface area contributed by atoms with E-state index in [-0.39, 0.29) is 6.04 Å². The van der Waals surface area contributed by atoms with Gasteiger partial charge in [0, 0.05) is 25.7 Å². The maximum absolute atomic E-state index is 4.70. The highest BCUT2D eigenvalue weighted by Gasteiger charge is 2.07. The van der Waals surface area contributed by atoms with Crippen LogP contribution in [0.2, 0.25) is 0 Å². The van der Waals surface area contributed by atoms with E-state index in [1.54, 1.807) is 0 Å². The van der Waals surface area contributed by atoms with Gasteiger partial charge in [-0.3, -0.25) is 9.39 Å². The van der Waals surface area contributed by atoms with Gasteiger partial charge >= 0.3 is 0 Å². The molecule has 6 nitrogen and oxygen atoms in total. The summed E-state index contributed by atoms with van der Waals surface area (Å²) < 4.78 is 2.03. The minimum atomic E-state index is 0.203. The first kappa shape index (κ1) is 17.9. The Morgan fingerprint density at radius 1 is 1.12 bits per heavy atom. The number of aliphatic imine (C=N–C) groups is 1. The van der Waals surface area contributed by atoms with Crippen molar-refractivity contribution in [1.82, 2.24) is 25.2 Å². The van der Waals surface area contributed by atoms with Crippen molar-refractivity contribution in [2.24, 2.45) is 4.99 Å². The van der Waals surface area contributed by atoms with Gasteiger partial charge in [0.2, 0.25) is 0 Å². The maximum atomic E-state index is 4.70. The lowest BCUT2D eigenvalue weighted by molar-refractivity contribution is 0.681. The van der Waals surface area contributed by atoms with E-state index in [1.165, 1.54) is 5.56 Å². The molecule has 6 heteroatoms. The van der Waals surface area contributed by atoms with Gasteiger partial charge in [-0.15, -0.1) is 10.2 Å². The number of fused-ring (bicyclic) bond motifs is 1. The van der Waals surface area contributed by atoms with Gasteiger partial charge in [-0.1, -0.05) is 36.4 Å². The van der Waals surface area contributed by atoms with Gasteiger partial charge in [-0.2, -0.15) is 0 Å². The number of aryl methyl sites for hydroxylation is 1. The zero-order valence-electron chi connectivity index (χ0n) is 15.4. The molecule has 0 aliphatic carbocycles. The molecule has 0 bridgehead atoms. The Morgan fingerprint density at radius 3 is 2.73 bits per heavy atom. The topological polar surface area (TPSA) is 66.6 Å². The zero-order valence-corrected chi connectivity index (χ0v) is 15.4. The van der Waals surface area contributed by atoms with Crippen molar-refractivity contribution in [2.45, 2.75) is 32.7 Å². The molecular weight excluding hydrogens is 324 g/mol. The van der Waals surface area contributed by atoms with Crippen LogP contribution in [-0.4, -0.2) is 33.6 Å². The molecule has 2 heterocycles. The van der Waals surface area contributed by atoms with Crippen LogP contribution >= 0.6 is 0 Å². The van der Waals surface area contributed by atoms with Gasteiger partial charge in [0.1, 0.15) is 5.82 Å². The van der Waals surface area contributed by atoms with Gasteiger partial charge in [-0.25, -0.2) is 0 Å². The van der Waals surface area contributed by atoms with E-state index in [2.05, 4.69) is 58.9 Å². The highest BCUT2D eigenvalue weighted by Crippen LogP contribution is 2.11. The Hall–Kier alpha value is -2.89. The Bertz CT molecular complexity index is 840. The molecule has 26 heavy (non-hydrogen) atoms. The maximum Gasteiger partial charge on any atom is 0.191 e. The van der Waals surface area contributed by atoms with Crippen LogP contribution in [0.3, 0.4) is 0 Å². The second-order valence-corrected chi connectivity index (χ2v) is 6.19. The largest absolute Gasteiger partial charge is 0.357 e. The molecular formula is C20H26N6. The molecule has 0 saturated carbocycles. The predicted molar refractivity (Wildman–Crippen MR) is 105 cm³/mol. The average molecular weight is 350 g/mol. The summed E-state index contributed by atoms with van der Waals surface area (Å²) in [5.41, 5.74) is 2.13. The second kappa shape index (κ2) is 8.99. The molecule has 0 radical (unpaired) electrons. The van der Waals surface area contributed by atoms with E-state index in [0.29, 0.717) is 0 Å². The van der Waals surface area contributed by atoms with Crippen LogP contribution < -0.4 is 10.6 Å². The smallest absolute Gasteiger partial charge is 0.191 e. The predicted octanol–water partition coefficient (Wildman–Crippen LogP) is 2.98. The van der Waals surface area contributed by atoms with Gasteiger partial charge in [0.25, 0.3) is 0 Å². The fourth-order valence-corrected chi connectivity index (χ4v) is 2.84. The Balaban J connectivity index is 1.55.